The quantitative estimate of drug-likeness (QED) is 0.572. The van der Waals surface area contributed by atoms with Crippen LogP contribution in [0.1, 0.15) is 22.5 Å². The lowest BCUT2D eigenvalue weighted by atomic mass is 9.96. The molecule has 5 rings (SSSR count). The van der Waals surface area contributed by atoms with Gasteiger partial charge in [0.05, 0.1) is 28.2 Å². The van der Waals surface area contributed by atoms with Crippen LogP contribution < -0.4 is 5.73 Å². The largest absolute Gasteiger partial charge is 0.340 e. The molecule has 0 bridgehead atoms. The fourth-order valence-corrected chi connectivity index (χ4v) is 3.97. The van der Waals surface area contributed by atoms with Gasteiger partial charge in [-0.15, -0.1) is 0 Å². The highest BCUT2D eigenvalue weighted by molar-refractivity contribution is 5.82. The summed E-state index contributed by atoms with van der Waals surface area (Å²) < 4.78 is 0. The highest BCUT2D eigenvalue weighted by atomic mass is 15.0. The third-order valence-corrected chi connectivity index (χ3v) is 5.43. The lowest BCUT2D eigenvalue weighted by Gasteiger charge is -2.20. The van der Waals surface area contributed by atoms with Gasteiger partial charge < -0.3 is 10.7 Å². The molecule has 0 fully saturated rings. The van der Waals surface area contributed by atoms with Gasteiger partial charge in [-0.1, -0.05) is 42.5 Å². The summed E-state index contributed by atoms with van der Waals surface area (Å²) in [6.07, 6.45) is 1.59. The van der Waals surface area contributed by atoms with E-state index in [2.05, 4.69) is 47.5 Å². The molecule has 4 nitrogen and oxygen atoms in total. The maximum absolute atomic E-state index is 8.96. The van der Waals surface area contributed by atoms with Crippen molar-refractivity contribution in [2.45, 2.75) is 18.4 Å². The summed E-state index contributed by atoms with van der Waals surface area (Å²) in [5.41, 5.74) is 13.6. The summed E-state index contributed by atoms with van der Waals surface area (Å²) in [5, 5.41) is 8.96. The molecular weight excluding hydrogens is 332 g/mol. The summed E-state index contributed by atoms with van der Waals surface area (Å²) in [6.45, 7) is 0. The molecule has 3 N–H and O–H groups in total. The fraction of sp³-hybridized carbons (Fsp3) is 0.130. The molecule has 1 aromatic heterocycles. The van der Waals surface area contributed by atoms with Crippen LogP contribution in [-0.2, 0) is 18.4 Å². The molecule has 0 amide bonds. The molecule has 4 aromatic rings. The number of H-pyrrole nitrogens is 1. The molecule has 1 heterocycles. The average molecular weight is 350 g/mol. The van der Waals surface area contributed by atoms with Gasteiger partial charge in [-0.25, -0.2) is 4.98 Å². The number of aromatic amines is 1. The number of hydrogen-bond acceptors (Lipinski definition) is 3. The van der Waals surface area contributed by atoms with Crippen LogP contribution in [0.25, 0.3) is 22.2 Å². The molecule has 0 atom stereocenters. The van der Waals surface area contributed by atoms with Crippen LogP contribution in [0.2, 0.25) is 0 Å². The van der Waals surface area contributed by atoms with E-state index < -0.39 is 5.54 Å². The van der Waals surface area contributed by atoms with Gasteiger partial charge in [0.2, 0.25) is 0 Å². The van der Waals surface area contributed by atoms with Gasteiger partial charge in [0.1, 0.15) is 5.82 Å². The summed E-state index contributed by atoms with van der Waals surface area (Å²) in [7, 11) is 0. The molecule has 0 radical (unpaired) electrons. The SMILES string of the molecule is N#Cc1ccc(-c2ccc3nc(C4(N)Cc5ccccc5C4)[nH]c3c2)cc1. The number of imidazole rings is 1. The number of hydrogen-bond donors (Lipinski definition) is 2. The van der Waals surface area contributed by atoms with Crippen LogP contribution in [-0.4, -0.2) is 9.97 Å². The molecule has 4 heteroatoms. The second kappa shape index (κ2) is 5.80. The van der Waals surface area contributed by atoms with Crippen LogP contribution in [0, 0.1) is 11.3 Å². The average Bonchev–Trinajstić information content (AvgIpc) is 3.28. The molecule has 0 saturated carbocycles. The van der Waals surface area contributed by atoms with Crippen molar-refractivity contribution in [1.82, 2.24) is 9.97 Å². The van der Waals surface area contributed by atoms with Crippen molar-refractivity contribution < 1.29 is 0 Å². The lowest BCUT2D eigenvalue weighted by Crippen LogP contribution is -2.38. The number of rotatable bonds is 2. The standard InChI is InChI=1S/C23H18N4/c24-14-15-5-7-16(8-6-15)17-9-10-20-21(11-17)27-22(26-20)23(25)12-18-3-1-2-4-19(18)13-23/h1-11H,12-13,25H2,(H,26,27). The summed E-state index contributed by atoms with van der Waals surface area (Å²) in [5.74, 6) is 0.839. The second-order valence-corrected chi connectivity index (χ2v) is 7.28. The van der Waals surface area contributed by atoms with E-state index in [1.54, 1.807) is 0 Å². The minimum atomic E-state index is -0.489. The van der Waals surface area contributed by atoms with Crippen molar-refractivity contribution in [3.05, 3.63) is 89.2 Å². The van der Waals surface area contributed by atoms with Crippen molar-refractivity contribution in [1.29, 1.82) is 5.26 Å². The van der Waals surface area contributed by atoms with Crippen molar-refractivity contribution >= 4 is 11.0 Å². The zero-order valence-electron chi connectivity index (χ0n) is 14.7. The highest BCUT2D eigenvalue weighted by Gasteiger charge is 2.37. The molecule has 1 aliphatic rings. The Morgan fingerprint density at radius 1 is 0.926 bits per heavy atom. The van der Waals surface area contributed by atoms with E-state index in [-0.39, 0.29) is 0 Å². The van der Waals surface area contributed by atoms with Crippen LogP contribution in [0.5, 0.6) is 0 Å². The Balaban J connectivity index is 1.52. The van der Waals surface area contributed by atoms with E-state index in [9.17, 15) is 0 Å². The van der Waals surface area contributed by atoms with Gasteiger partial charge in [0.25, 0.3) is 0 Å². The Bertz CT molecular complexity index is 1170. The Morgan fingerprint density at radius 2 is 1.59 bits per heavy atom. The first-order valence-corrected chi connectivity index (χ1v) is 9.01. The molecule has 3 aromatic carbocycles. The number of nitrogens with two attached hydrogens (primary N) is 1. The van der Waals surface area contributed by atoms with E-state index in [0.29, 0.717) is 5.56 Å². The van der Waals surface area contributed by atoms with E-state index in [1.165, 1.54) is 11.1 Å². The first-order valence-electron chi connectivity index (χ1n) is 9.01. The molecule has 1 aliphatic carbocycles. The van der Waals surface area contributed by atoms with Crippen molar-refractivity contribution in [3.8, 4) is 17.2 Å². The van der Waals surface area contributed by atoms with Gasteiger partial charge >= 0.3 is 0 Å². The molecule has 0 spiro atoms. The van der Waals surface area contributed by atoms with E-state index in [4.69, 9.17) is 16.0 Å². The normalized spacial score (nSPS) is 14.8. The second-order valence-electron chi connectivity index (χ2n) is 7.28. The first kappa shape index (κ1) is 15.8. The predicted octanol–water partition coefficient (Wildman–Crippen LogP) is 4.05. The third-order valence-electron chi connectivity index (χ3n) is 5.43. The zero-order chi connectivity index (χ0) is 18.4. The van der Waals surface area contributed by atoms with E-state index >= 15 is 0 Å². The molecule has 0 unspecified atom stereocenters. The third kappa shape index (κ3) is 2.61. The van der Waals surface area contributed by atoms with Gasteiger partial charge in [-0.3, -0.25) is 0 Å². The lowest BCUT2D eigenvalue weighted by molar-refractivity contribution is 0.447. The van der Waals surface area contributed by atoms with Gasteiger partial charge in [0.15, 0.2) is 0 Å². The first-order chi connectivity index (χ1) is 13.1. The van der Waals surface area contributed by atoms with Crippen LogP contribution >= 0.6 is 0 Å². The number of fused-ring (bicyclic) bond motifs is 2. The molecule has 0 saturated heterocycles. The van der Waals surface area contributed by atoms with E-state index in [0.717, 1.165) is 40.8 Å². The molecule has 0 aliphatic heterocycles. The van der Waals surface area contributed by atoms with Crippen molar-refractivity contribution in [2.24, 2.45) is 5.73 Å². The minimum absolute atomic E-state index is 0.489. The molecular formula is C23H18N4. The fourth-order valence-electron chi connectivity index (χ4n) is 3.97. The number of benzene rings is 3. The number of aromatic nitrogens is 2. The Kier molecular flexibility index (Phi) is 3.40. The minimum Gasteiger partial charge on any atom is -0.340 e. The monoisotopic (exact) mass is 350 g/mol. The van der Waals surface area contributed by atoms with Crippen LogP contribution in [0.4, 0.5) is 0 Å². The summed E-state index contributed by atoms with van der Waals surface area (Å²) in [6, 6.07) is 24.4. The highest BCUT2D eigenvalue weighted by Crippen LogP contribution is 2.35. The predicted molar refractivity (Wildman–Crippen MR) is 106 cm³/mol. The maximum Gasteiger partial charge on any atom is 0.128 e. The maximum atomic E-state index is 8.96. The van der Waals surface area contributed by atoms with Crippen molar-refractivity contribution in [2.75, 3.05) is 0 Å². The molecule has 130 valence electrons. The van der Waals surface area contributed by atoms with E-state index in [1.807, 2.05) is 30.3 Å². The van der Waals surface area contributed by atoms with Gasteiger partial charge in [0, 0.05) is 0 Å². The smallest absolute Gasteiger partial charge is 0.128 e. The van der Waals surface area contributed by atoms with Gasteiger partial charge in [-0.2, -0.15) is 5.26 Å². The number of nitriles is 1. The zero-order valence-corrected chi connectivity index (χ0v) is 14.7. The Morgan fingerprint density at radius 3 is 2.26 bits per heavy atom. The number of nitrogens with one attached hydrogen (secondary N) is 1. The molecule has 27 heavy (non-hydrogen) atoms. The van der Waals surface area contributed by atoms with Crippen molar-refractivity contribution in [3.63, 3.8) is 0 Å². The van der Waals surface area contributed by atoms with Gasteiger partial charge in [-0.05, 0) is 59.4 Å². The summed E-state index contributed by atoms with van der Waals surface area (Å²) >= 11 is 0. The van der Waals surface area contributed by atoms with Crippen LogP contribution in [0.3, 0.4) is 0 Å². The Hall–Kier alpha value is -3.42. The topological polar surface area (TPSA) is 78.5 Å². The summed E-state index contributed by atoms with van der Waals surface area (Å²) in [4.78, 5) is 8.25. The van der Waals surface area contributed by atoms with Crippen LogP contribution in [0.15, 0.2) is 66.7 Å². The Labute approximate surface area is 157 Å². The number of nitrogens with zero attached hydrogens (tertiary/aromatic N) is 2.